The maximum atomic E-state index is 13.8. The highest BCUT2D eigenvalue weighted by Gasteiger charge is 2.24. The van der Waals surface area contributed by atoms with Crippen LogP contribution in [0.3, 0.4) is 0 Å². The van der Waals surface area contributed by atoms with E-state index in [4.69, 9.17) is 4.74 Å². The third kappa shape index (κ3) is 3.32. The van der Waals surface area contributed by atoms with Gasteiger partial charge in [0, 0.05) is 11.1 Å². The first-order chi connectivity index (χ1) is 9.63. The summed E-state index contributed by atoms with van der Waals surface area (Å²) >= 11 is 3.25. The monoisotopic (exact) mass is 336 g/mol. The van der Waals surface area contributed by atoms with E-state index in [2.05, 4.69) is 15.9 Å². The van der Waals surface area contributed by atoms with E-state index in [1.807, 2.05) is 18.2 Å². The summed E-state index contributed by atoms with van der Waals surface area (Å²) in [7, 11) is 0. The van der Waals surface area contributed by atoms with Crippen molar-refractivity contribution in [1.29, 1.82) is 0 Å². The van der Waals surface area contributed by atoms with Crippen molar-refractivity contribution in [2.75, 3.05) is 6.61 Å². The molecule has 104 valence electrons. The zero-order valence-electron chi connectivity index (χ0n) is 11.0. The Morgan fingerprint density at radius 3 is 2.60 bits per heavy atom. The third-order valence-corrected chi connectivity index (χ3v) is 3.36. The van der Waals surface area contributed by atoms with Gasteiger partial charge in [0.1, 0.15) is 11.9 Å². The van der Waals surface area contributed by atoms with Crippen LogP contribution in [-0.2, 0) is 4.74 Å². The highest BCUT2D eigenvalue weighted by molar-refractivity contribution is 9.10. The van der Waals surface area contributed by atoms with Gasteiger partial charge in [-0.1, -0.05) is 46.3 Å². The number of ketones is 1. The van der Waals surface area contributed by atoms with E-state index in [1.54, 1.807) is 25.1 Å². The minimum atomic E-state index is -0.787. The largest absolute Gasteiger partial charge is 0.366 e. The van der Waals surface area contributed by atoms with Gasteiger partial charge in [0.2, 0.25) is 0 Å². The third-order valence-electron chi connectivity index (χ3n) is 2.87. The molecule has 0 N–H and O–H groups in total. The molecule has 0 radical (unpaired) electrons. The van der Waals surface area contributed by atoms with Crippen molar-refractivity contribution in [2.45, 2.75) is 13.0 Å². The zero-order valence-corrected chi connectivity index (χ0v) is 12.6. The van der Waals surface area contributed by atoms with Crippen molar-refractivity contribution in [1.82, 2.24) is 0 Å². The normalized spacial score (nSPS) is 12.2. The molecule has 4 heteroatoms. The van der Waals surface area contributed by atoms with Gasteiger partial charge in [-0.2, -0.15) is 0 Å². The first-order valence-electron chi connectivity index (χ1n) is 6.29. The number of carbonyl (C=O) groups excluding carboxylic acids is 1. The minimum Gasteiger partial charge on any atom is -0.366 e. The van der Waals surface area contributed by atoms with Crippen LogP contribution in [0.2, 0.25) is 0 Å². The smallest absolute Gasteiger partial charge is 0.199 e. The van der Waals surface area contributed by atoms with Gasteiger partial charge in [0.05, 0.1) is 5.56 Å². The van der Waals surface area contributed by atoms with Crippen LogP contribution in [0.4, 0.5) is 4.39 Å². The molecule has 2 rings (SSSR count). The standard InChI is InChI=1S/C16H14BrFO2/c1-2-20-16(11-6-4-3-5-7-11)15(19)13-10-12(17)8-9-14(13)18/h3-10,16H,2H2,1H3. The summed E-state index contributed by atoms with van der Waals surface area (Å²) in [5, 5.41) is 0. The van der Waals surface area contributed by atoms with E-state index >= 15 is 0 Å². The van der Waals surface area contributed by atoms with E-state index in [9.17, 15) is 9.18 Å². The molecule has 0 aliphatic carbocycles. The van der Waals surface area contributed by atoms with Crippen LogP contribution in [0.25, 0.3) is 0 Å². The fourth-order valence-corrected chi connectivity index (χ4v) is 2.31. The molecule has 0 bridgehead atoms. The molecule has 1 atom stereocenters. The Hall–Kier alpha value is -1.52. The molecular weight excluding hydrogens is 323 g/mol. The number of halogens is 2. The fourth-order valence-electron chi connectivity index (χ4n) is 1.95. The van der Waals surface area contributed by atoms with Crippen LogP contribution in [0, 0.1) is 5.82 Å². The summed E-state index contributed by atoms with van der Waals surface area (Å²) in [5.74, 6) is -0.921. The summed E-state index contributed by atoms with van der Waals surface area (Å²) < 4.78 is 20.0. The van der Waals surface area contributed by atoms with Crippen molar-refractivity contribution in [3.63, 3.8) is 0 Å². The fraction of sp³-hybridized carbons (Fsp3) is 0.188. The van der Waals surface area contributed by atoms with Crippen LogP contribution >= 0.6 is 15.9 Å². The second-order valence-electron chi connectivity index (χ2n) is 4.23. The summed E-state index contributed by atoms with van der Waals surface area (Å²) in [4.78, 5) is 12.5. The van der Waals surface area contributed by atoms with Gasteiger partial charge < -0.3 is 4.74 Å². The quantitative estimate of drug-likeness (QED) is 0.749. The van der Waals surface area contributed by atoms with Gasteiger partial charge in [-0.3, -0.25) is 4.79 Å². The molecule has 0 saturated carbocycles. The molecule has 0 aromatic heterocycles. The molecular formula is C16H14BrFO2. The summed E-state index contributed by atoms with van der Waals surface area (Å²) in [6.07, 6.45) is -0.787. The van der Waals surface area contributed by atoms with Gasteiger partial charge in [-0.05, 0) is 30.7 Å². The van der Waals surface area contributed by atoms with E-state index < -0.39 is 11.9 Å². The molecule has 20 heavy (non-hydrogen) atoms. The Balaban J connectivity index is 2.39. The number of ether oxygens (including phenoxy) is 1. The number of Topliss-reactive ketones (excluding diaryl/α,β-unsaturated/α-hetero) is 1. The molecule has 0 saturated heterocycles. The molecule has 0 aliphatic heterocycles. The topological polar surface area (TPSA) is 26.3 Å². The minimum absolute atomic E-state index is 0.0293. The lowest BCUT2D eigenvalue weighted by molar-refractivity contribution is 0.0449. The first-order valence-corrected chi connectivity index (χ1v) is 7.08. The zero-order chi connectivity index (χ0) is 14.5. The highest BCUT2D eigenvalue weighted by atomic mass is 79.9. The van der Waals surface area contributed by atoms with E-state index in [-0.39, 0.29) is 11.3 Å². The second-order valence-corrected chi connectivity index (χ2v) is 5.15. The average molecular weight is 337 g/mol. The SMILES string of the molecule is CCOC(C(=O)c1cc(Br)ccc1F)c1ccccc1. The summed E-state index contributed by atoms with van der Waals surface area (Å²) in [6, 6.07) is 13.4. The number of hydrogen-bond acceptors (Lipinski definition) is 2. The summed E-state index contributed by atoms with van der Waals surface area (Å²) in [5.41, 5.74) is 0.750. The number of carbonyl (C=O) groups is 1. The maximum Gasteiger partial charge on any atom is 0.199 e. The Labute approximate surface area is 125 Å². The maximum absolute atomic E-state index is 13.8. The molecule has 2 aromatic rings. The predicted molar refractivity (Wildman–Crippen MR) is 79.2 cm³/mol. The molecule has 0 fully saturated rings. The van der Waals surface area contributed by atoms with Gasteiger partial charge in [0.25, 0.3) is 0 Å². The molecule has 1 unspecified atom stereocenters. The van der Waals surface area contributed by atoms with Crippen LogP contribution < -0.4 is 0 Å². The summed E-state index contributed by atoms with van der Waals surface area (Å²) in [6.45, 7) is 2.18. The van der Waals surface area contributed by atoms with Gasteiger partial charge in [-0.25, -0.2) is 4.39 Å². The van der Waals surface area contributed by atoms with Gasteiger partial charge in [0.15, 0.2) is 5.78 Å². The molecule has 0 spiro atoms. The van der Waals surface area contributed by atoms with Crippen LogP contribution in [-0.4, -0.2) is 12.4 Å². The van der Waals surface area contributed by atoms with Gasteiger partial charge in [-0.15, -0.1) is 0 Å². The molecule has 0 amide bonds. The van der Waals surface area contributed by atoms with Crippen molar-refractivity contribution >= 4 is 21.7 Å². The lowest BCUT2D eigenvalue weighted by atomic mass is 9.99. The van der Waals surface area contributed by atoms with Gasteiger partial charge >= 0.3 is 0 Å². The second kappa shape index (κ2) is 6.77. The van der Waals surface area contributed by atoms with Crippen molar-refractivity contribution in [3.05, 3.63) is 69.9 Å². The van der Waals surface area contributed by atoms with Crippen molar-refractivity contribution in [2.24, 2.45) is 0 Å². The predicted octanol–water partition coefficient (Wildman–Crippen LogP) is 4.55. The van der Waals surface area contributed by atoms with E-state index in [1.165, 1.54) is 12.1 Å². The van der Waals surface area contributed by atoms with E-state index in [0.717, 1.165) is 5.56 Å². The Bertz CT molecular complexity index is 599. The molecule has 2 aromatic carbocycles. The number of benzene rings is 2. The Morgan fingerprint density at radius 2 is 1.95 bits per heavy atom. The van der Waals surface area contributed by atoms with Crippen molar-refractivity contribution < 1.29 is 13.9 Å². The molecule has 2 nitrogen and oxygen atoms in total. The Morgan fingerprint density at radius 1 is 1.25 bits per heavy atom. The van der Waals surface area contributed by atoms with E-state index in [0.29, 0.717) is 11.1 Å². The lowest BCUT2D eigenvalue weighted by Crippen LogP contribution is -2.17. The lowest BCUT2D eigenvalue weighted by Gasteiger charge is -2.16. The number of hydrogen-bond donors (Lipinski definition) is 0. The van der Waals surface area contributed by atoms with Crippen LogP contribution in [0.15, 0.2) is 53.0 Å². The van der Waals surface area contributed by atoms with Crippen LogP contribution in [0.1, 0.15) is 28.9 Å². The Kier molecular flexibility index (Phi) is 5.04. The number of rotatable bonds is 5. The van der Waals surface area contributed by atoms with Crippen molar-refractivity contribution in [3.8, 4) is 0 Å². The highest BCUT2D eigenvalue weighted by Crippen LogP contribution is 2.25. The van der Waals surface area contributed by atoms with Crippen LogP contribution in [0.5, 0.6) is 0 Å². The molecule has 0 aliphatic rings. The average Bonchev–Trinajstić information content (AvgIpc) is 2.47. The molecule has 0 heterocycles. The first kappa shape index (κ1) is 14.9.